The van der Waals surface area contributed by atoms with Crippen molar-refractivity contribution >= 4 is 11.9 Å². The van der Waals surface area contributed by atoms with Crippen LogP contribution in [0.5, 0.6) is 0 Å². The van der Waals surface area contributed by atoms with Crippen molar-refractivity contribution in [1.29, 1.82) is 0 Å². The maximum absolute atomic E-state index is 11.0. The van der Waals surface area contributed by atoms with E-state index in [1.54, 1.807) is 13.2 Å². The van der Waals surface area contributed by atoms with Crippen LogP contribution in [0, 0.1) is 0 Å². The maximum atomic E-state index is 11.0. The van der Waals surface area contributed by atoms with Gasteiger partial charge in [-0.2, -0.15) is 0 Å². The van der Waals surface area contributed by atoms with E-state index in [4.69, 9.17) is 4.42 Å². The molecule has 0 aromatic carbocycles. The Morgan fingerprint density at radius 3 is 2.67 bits per heavy atom. The quantitative estimate of drug-likeness (QED) is 0.482. The van der Waals surface area contributed by atoms with Crippen LogP contribution in [-0.2, 0) is 21.5 Å². The Bertz CT molecular complexity index is 489. The minimum absolute atomic E-state index is 0.0638. The highest BCUT2D eigenvalue weighted by molar-refractivity contribution is 5.80. The molecule has 0 aliphatic heterocycles. The predicted octanol–water partition coefficient (Wildman–Crippen LogP) is 1.20. The van der Waals surface area contributed by atoms with E-state index in [0.717, 1.165) is 5.76 Å². The van der Waals surface area contributed by atoms with Gasteiger partial charge in [0.05, 0.1) is 26.3 Å². The number of rotatable bonds is 5. The van der Waals surface area contributed by atoms with Crippen molar-refractivity contribution in [1.82, 2.24) is 15.6 Å². The number of aliphatic imine (C=N–C) groups is 1. The molecular weight excluding hydrogens is 272 g/mol. The van der Waals surface area contributed by atoms with Crippen molar-refractivity contribution in [3.63, 3.8) is 0 Å². The molecule has 21 heavy (non-hydrogen) atoms. The average molecular weight is 296 g/mol. The molecule has 118 valence electrons. The van der Waals surface area contributed by atoms with Crippen LogP contribution in [0.4, 0.5) is 0 Å². The summed E-state index contributed by atoms with van der Waals surface area (Å²) in [6, 6.07) is 0. The van der Waals surface area contributed by atoms with Gasteiger partial charge in [0, 0.05) is 19.0 Å². The van der Waals surface area contributed by atoms with Crippen LogP contribution in [0.2, 0.25) is 0 Å². The highest BCUT2D eigenvalue weighted by atomic mass is 16.5. The molecule has 0 aliphatic carbocycles. The monoisotopic (exact) mass is 296 g/mol. The summed E-state index contributed by atoms with van der Waals surface area (Å²) in [5, 5.41) is 6.08. The molecule has 1 aromatic heterocycles. The zero-order chi connectivity index (χ0) is 15.9. The van der Waals surface area contributed by atoms with E-state index in [2.05, 4.69) is 46.1 Å². The van der Waals surface area contributed by atoms with Gasteiger partial charge < -0.3 is 19.8 Å². The van der Waals surface area contributed by atoms with Crippen molar-refractivity contribution in [2.24, 2.45) is 4.99 Å². The Labute approximate surface area is 125 Å². The van der Waals surface area contributed by atoms with Crippen molar-refractivity contribution in [2.45, 2.75) is 39.2 Å². The topological polar surface area (TPSA) is 88.8 Å². The molecule has 7 heteroatoms. The molecule has 0 fully saturated rings. The standard InChI is InChI=1S/C14H24N4O3/c1-14(2,3)10-8-17-11(21-10)9-18-13(15-4)16-7-6-12(19)20-5/h8H,6-7,9H2,1-5H3,(H2,15,16,18). The number of nitrogens with one attached hydrogen (secondary N) is 2. The Kier molecular flexibility index (Phi) is 6.20. The number of esters is 1. The molecule has 0 spiro atoms. The van der Waals surface area contributed by atoms with Crippen LogP contribution >= 0.6 is 0 Å². The second kappa shape index (κ2) is 7.66. The molecule has 0 radical (unpaired) electrons. The van der Waals surface area contributed by atoms with Gasteiger partial charge >= 0.3 is 5.97 Å². The molecule has 1 heterocycles. The lowest BCUT2D eigenvalue weighted by Gasteiger charge is -2.13. The van der Waals surface area contributed by atoms with Crippen LogP contribution in [0.15, 0.2) is 15.6 Å². The fourth-order valence-corrected chi connectivity index (χ4v) is 1.50. The van der Waals surface area contributed by atoms with Gasteiger partial charge in [-0.3, -0.25) is 9.79 Å². The third kappa shape index (κ3) is 5.85. The fourth-order valence-electron chi connectivity index (χ4n) is 1.50. The Hall–Kier alpha value is -2.05. The number of nitrogens with zero attached hydrogens (tertiary/aromatic N) is 2. The zero-order valence-electron chi connectivity index (χ0n) is 13.3. The lowest BCUT2D eigenvalue weighted by atomic mass is 9.94. The van der Waals surface area contributed by atoms with Crippen molar-refractivity contribution in [2.75, 3.05) is 20.7 Å². The van der Waals surface area contributed by atoms with E-state index < -0.39 is 0 Å². The number of oxazole rings is 1. The van der Waals surface area contributed by atoms with E-state index in [-0.39, 0.29) is 17.8 Å². The zero-order valence-corrected chi connectivity index (χ0v) is 13.3. The average Bonchev–Trinajstić information content (AvgIpc) is 2.91. The molecule has 0 amide bonds. The van der Waals surface area contributed by atoms with Crippen LogP contribution in [0.1, 0.15) is 38.8 Å². The number of ether oxygens (including phenoxy) is 1. The number of hydrogen-bond donors (Lipinski definition) is 2. The number of aromatic nitrogens is 1. The molecule has 7 nitrogen and oxygen atoms in total. The first-order chi connectivity index (χ1) is 9.86. The molecule has 0 aliphatic rings. The Morgan fingerprint density at radius 1 is 1.43 bits per heavy atom. The first-order valence-electron chi connectivity index (χ1n) is 6.83. The summed E-state index contributed by atoms with van der Waals surface area (Å²) in [6.45, 7) is 7.08. The summed E-state index contributed by atoms with van der Waals surface area (Å²) >= 11 is 0. The maximum Gasteiger partial charge on any atom is 0.307 e. The number of carbonyl (C=O) groups is 1. The first kappa shape index (κ1) is 17.0. The molecule has 0 saturated heterocycles. The van der Waals surface area contributed by atoms with Crippen LogP contribution in [0.3, 0.4) is 0 Å². The second-order valence-electron chi connectivity index (χ2n) is 5.55. The van der Waals surface area contributed by atoms with E-state index in [1.165, 1.54) is 7.11 Å². The minimum Gasteiger partial charge on any atom is -0.469 e. The smallest absolute Gasteiger partial charge is 0.307 e. The van der Waals surface area contributed by atoms with Gasteiger partial charge in [-0.25, -0.2) is 4.98 Å². The Morgan fingerprint density at radius 2 is 2.14 bits per heavy atom. The molecule has 0 bridgehead atoms. The van der Waals surface area contributed by atoms with Gasteiger partial charge in [0.2, 0.25) is 5.89 Å². The molecule has 0 atom stereocenters. The number of guanidine groups is 1. The summed E-state index contributed by atoms with van der Waals surface area (Å²) in [5.74, 6) is 1.75. The van der Waals surface area contributed by atoms with Crippen molar-refractivity contribution < 1.29 is 13.9 Å². The molecule has 0 unspecified atom stereocenters. The van der Waals surface area contributed by atoms with Crippen LogP contribution < -0.4 is 10.6 Å². The van der Waals surface area contributed by atoms with Gasteiger partial charge in [0.25, 0.3) is 0 Å². The summed E-state index contributed by atoms with van der Waals surface area (Å²) < 4.78 is 10.2. The van der Waals surface area contributed by atoms with Gasteiger partial charge in [0.15, 0.2) is 5.96 Å². The molecular formula is C14H24N4O3. The molecule has 1 rings (SSSR count). The second-order valence-corrected chi connectivity index (χ2v) is 5.55. The summed E-state index contributed by atoms with van der Waals surface area (Å²) in [5.41, 5.74) is -0.0638. The minimum atomic E-state index is -0.263. The largest absolute Gasteiger partial charge is 0.469 e. The highest BCUT2D eigenvalue weighted by Gasteiger charge is 2.19. The van der Waals surface area contributed by atoms with E-state index >= 15 is 0 Å². The lowest BCUT2D eigenvalue weighted by Crippen LogP contribution is -2.38. The molecule has 0 saturated carbocycles. The number of methoxy groups -OCH3 is 1. The van der Waals surface area contributed by atoms with E-state index in [0.29, 0.717) is 24.9 Å². The number of hydrogen-bond acceptors (Lipinski definition) is 5. The summed E-state index contributed by atoms with van der Waals surface area (Å²) in [7, 11) is 3.02. The third-order valence-corrected chi connectivity index (χ3v) is 2.77. The molecule has 1 aromatic rings. The van der Waals surface area contributed by atoms with Crippen LogP contribution in [-0.4, -0.2) is 37.6 Å². The van der Waals surface area contributed by atoms with E-state index in [1.807, 2.05) is 0 Å². The van der Waals surface area contributed by atoms with Gasteiger partial charge in [-0.05, 0) is 0 Å². The fraction of sp³-hybridized carbons (Fsp3) is 0.643. The van der Waals surface area contributed by atoms with E-state index in [9.17, 15) is 4.79 Å². The third-order valence-electron chi connectivity index (χ3n) is 2.77. The first-order valence-corrected chi connectivity index (χ1v) is 6.83. The summed E-state index contributed by atoms with van der Waals surface area (Å²) in [4.78, 5) is 19.3. The summed E-state index contributed by atoms with van der Waals surface area (Å²) in [6.07, 6.45) is 2.02. The van der Waals surface area contributed by atoms with Gasteiger partial charge in [-0.1, -0.05) is 20.8 Å². The van der Waals surface area contributed by atoms with Crippen molar-refractivity contribution in [3.8, 4) is 0 Å². The number of carbonyl (C=O) groups excluding carboxylic acids is 1. The highest BCUT2D eigenvalue weighted by Crippen LogP contribution is 2.22. The molecule has 2 N–H and O–H groups in total. The normalized spacial score (nSPS) is 12.1. The Balaban J connectivity index is 2.42. The van der Waals surface area contributed by atoms with Gasteiger partial charge in [-0.15, -0.1) is 0 Å². The lowest BCUT2D eigenvalue weighted by molar-refractivity contribution is -0.140. The predicted molar refractivity (Wildman–Crippen MR) is 80.0 cm³/mol. The van der Waals surface area contributed by atoms with Gasteiger partial charge in [0.1, 0.15) is 5.76 Å². The van der Waals surface area contributed by atoms with Crippen LogP contribution in [0.25, 0.3) is 0 Å². The van der Waals surface area contributed by atoms with Crippen molar-refractivity contribution in [3.05, 3.63) is 17.8 Å². The SMILES string of the molecule is CN=C(NCCC(=O)OC)NCc1ncc(C(C)(C)C)o1.